The number of carbonyl (C=O) groups excluding carboxylic acids is 2. The van der Waals surface area contributed by atoms with Crippen LogP contribution in [0.1, 0.15) is 11.1 Å². The molecule has 2 heterocycles. The molecule has 0 unspecified atom stereocenters. The van der Waals surface area contributed by atoms with Crippen LogP contribution in [0.5, 0.6) is 0 Å². The van der Waals surface area contributed by atoms with E-state index in [0.29, 0.717) is 12.2 Å². The van der Waals surface area contributed by atoms with Gasteiger partial charge in [-0.25, -0.2) is 0 Å². The third-order valence-corrected chi connectivity index (χ3v) is 4.81. The zero-order chi connectivity index (χ0) is 22.9. The lowest BCUT2D eigenvalue weighted by molar-refractivity contribution is -0.121. The summed E-state index contributed by atoms with van der Waals surface area (Å²) in [6.07, 6.45) is 8.43. The molecule has 2 aromatic carbocycles. The fourth-order valence-electron chi connectivity index (χ4n) is 3.26. The second-order valence-electron chi connectivity index (χ2n) is 7.32. The Morgan fingerprint density at radius 1 is 0.939 bits per heavy atom. The average molecular weight is 438 g/mol. The number of benzene rings is 2. The maximum Gasteiger partial charge on any atom is 0.244 e. The first-order valence-electron chi connectivity index (χ1n) is 10.5. The van der Waals surface area contributed by atoms with E-state index >= 15 is 0 Å². The average Bonchev–Trinajstić information content (AvgIpc) is 3.26. The van der Waals surface area contributed by atoms with Gasteiger partial charge in [0.15, 0.2) is 0 Å². The van der Waals surface area contributed by atoms with Crippen LogP contribution in [0.2, 0.25) is 0 Å². The first-order chi connectivity index (χ1) is 16.2. The van der Waals surface area contributed by atoms with Gasteiger partial charge >= 0.3 is 0 Å². The molecule has 0 spiro atoms. The lowest BCUT2D eigenvalue weighted by Gasteiger charge is -2.05. The van der Waals surface area contributed by atoms with E-state index < -0.39 is 0 Å². The molecular formula is C26H23N5O2. The largest absolute Gasteiger partial charge is 0.343 e. The van der Waals surface area contributed by atoms with Crippen molar-refractivity contribution >= 4 is 23.6 Å². The van der Waals surface area contributed by atoms with E-state index in [1.807, 2.05) is 71.5 Å². The second-order valence-corrected chi connectivity index (χ2v) is 7.32. The molecule has 0 saturated carbocycles. The second kappa shape index (κ2) is 10.7. The topological polar surface area (TPSA) is 88.9 Å². The number of rotatable bonds is 8. The Balaban J connectivity index is 1.44. The SMILES string of the molecule is O=C(C=Cc1cn(Cc2ccccc2)nc1-c1cccnc1)NCC(=O)Nc1ccccc1. The maximum atomic E-state index is 12.3. The minimum atomic E-state index is -0.369. The van der Waals surface area contributed by atoms with Gasteiger partial charge in [0.05, 0.1) is 13.1 Å². The lowest BCUT2D eigenvalue weighted by atomic mass is 10.1. The Morgan fingerprint density at radius 3 is 2.42 bits per heavy atom. The number of nitrogens with zero attached hydrogens (tertiary/aromatic N) is 3. The Hall–Kier alpha value is -4.52. The van der Waals surface area contributed by atoms with Crippen LogP contribution in [0.25, 0.3) is 17.3 Å². The van der Waals surface area contributed by atoms with Crippen LogP contribution in [0.3, 0.4) is 0 Å². The van der Waals surface area contributed by atoms with Gasteiger partial charge in [0.2, 0.25) is 11.8 Å². The summed E-state index contributed by atoms with van der Waals surface area (Å²) in [5, 5.41) is 10.0. The highest BCUT2D eigenvalue weighted by Crippen LogP contribution is 2.23. The van der Waals surface area contributed by atoms with E-state index in [4.69, 9.17) is 5.10 Å². The normalized spacial score (nSPS) is 10.8. The van der Waals surface area contributed by atoms with Crippen LogP contribution in [-0.4, -0.2) is 33.1 Å². The van der Waals surface area contributed by atoms with Crippen LogP contribution in [0.4, 0.5) is 5.69 Å². The molecular weight excluding hydrogens is 414 g/mol. The summed E-state index contributed by atoms with van der Waals surface area (Å²) >= 11 is 0. The Bertz CT molecular complexity index is 1240. The lowest BCUT2D eigenvalue weighted by Crippen LogP contribution is -2.31. The van der Waals surface area contributed by atoms with E-state index in [2.05, 4.69) is 15.6 Å². The highest BCUT2D eigenvalue weighted by molar-refractivity contribution is 5.98. The molecule has 2 N–H and O–H groups in total. The maximum absolute atomic E-state index is 12.3. The molecule has 4 rings (SSSR count). The number of hydrogen-bond donors (Lipinski definition) is 2. The molecule has 2 amide bonds. The highest BCUT2D eigenvalue weighted by Gasteiger charge is 2.11. The van der Waals surface area contributed by atoms with Crippen LogP contribution in [-0.2, 0) is 16.1 Å². The summed E-state index contributed by atoms with van der Waals surface area (Å²) in [4.78, 5) is 28.5. The van der Waals surface area contributed by atoms with Crippen molar-refractivity contribution in [3.8, 4) is 11.3 Å². The molecule has 0 radical (unpaired) electrons. The number of anilines is 1. The Labute approximate surface area is 191 Å². The molecule has 0 fully saturated rings. The van der Waals surface area contributed by atoms with Gasteiger partial charge in [-0.15, -0.1) is 0 Å². The van der Waals surface area contributed by atoms with Crippen molar-refractivity contribution in [3.63, 3.8) is 0 Å². The summed E-state index contributed by atoms with van der Waals surface area (Å²) in [7, 11) is 0. The van der Waals surface area contributed by atoms with Gasteiger partial charge in [-0.05, 0) is 35.9 Å². The van der Waals surface area contributed by atoms with Crippen molar-refractivity contribution in [3.05, 3.63) is 109 Å². The number of pyridine rings is 1. The van der Waals surface area contributed by atoms with Crippen molar-refractivity contribution < 1.29 is 9.59 Å². The van der Waals surface area contributed by atoms with Gasteiger partial charge in [0.1, 0.15) is 5.69 Å². The quantitative estimate of drug-likeness (QED) is 0.411. The standard InChI is InChI=1S/C26H23N5O2/c32-24(28-17-25(33)29-23-11-5-2-6-12-23)14-13-22-19-31(18-20-8-3-1-4-9-20)30-26(22)21-10-7-15-27-16-21/h1-16,19H,17-18H2,(H,28,32)(H,29,33). The van der Waals surface area contributed by atoms with E-state index in [1.54, 1.807) is 30.6 Å². The third kappa shape index (κ3) is 6.24. The van der Waals surface area contributed by atoms with Gasteiger partial charge in [-0.2, -0.15) is 5.10 Å². The number of amides is 2. The van der Waals surface area contributed by atoms with E-state index in [-0.39, 0.29) is 18.4 Å². The first kappa shape index (κ1) is 21.7. The van der Waals surface area contributed by atoms with E-state index in [9.17, 15) is 9.59 Å². The summed E-state index contributed by atoms with van der Waals surface area (Å²) in [5.74, 6) is -0.666. The fourth-order valence-corrected chi connectivity index (χ4v) is 3.26. The molecule has 33 heavy (non-hydrogen) atoms. The van der Waals surface area contributed by atoms with Crippen LogP contribution >= 0.6 is 0 Å². The van der Waals surface area contributed by atoms with Gasteiger partial charge in [0.25, 0.3) is 0 Å². The van der Waals surface area contributed by atoms with Gasteiger partial charge in [-0.1, -0.05) is 48.5 Å². The predicted molar refractivity (Wildman–Crippen MR) is 128 cm³/mol. The molecule has 0 aliphatic rings. The fraction of sp³-hybridized carbons (Fsp3) is 0.0769. The molecule has 7 nitrogen and oxygen atoms in total. The highest BCUT2D eigenvalue weighted by atomic mass is 16.2. The third-order valence-electron chi connectivity index (χ3n) is 4.81. The molecule has 0 atom stereocenters. The number of para-hydroxylation sites is 1. The number of aromatic nitrogens is 3. The summed E-state index contributed by atoms with van der Waals surface area (Å²) in [6, 6.07) is 22.9. The molecule has 7 heteroatoms. The molecule has 0 aliphatic carbocycles. The zero-order valence-electron chi connectivity index (χ0n) is 17.9. The van der Waals surface area contributed by atoms with Crippen molar-refractivity contribution in [2.45, 2.75) is 6.54 Å². The molecule has 164 valence electrons. The van der Waals surface area contributed by atoms with Crippen molar-refractivity contribution in [1.82, 2.24) is 20.1 Å². The minimum absolute atomic E-state index is 0.124. The molecule has 4 aromatic rings. The van der Waals surface area contributed by atoms with Gasteiger partial charge in [-0.3, -0.25) is 19.3 Å². The molecule has 0 bridgehead atoms. The minimum Gasteiger partial charge on any atom is -0.343 e. The van der Waals surface area contributed by atoms with Crippen LogP contribution in [0.15, 0.2) is 97.5 Å². The summed E-state index contributed by atoms with van der Waals surface area (Å²) < 4.78 is 1.84. The molecule has 0 saturated heterocycles. The van der Waals surface area contributed by atoms with Crippen molar-refractivity contribution in [2.24, 2.45) is 0 Å². The monoisotopic (exact) mass is 437 g/mol. The number of hydrogen-bond acceptors (Lipinski definition) is 4. The van der Waals surface area contributed by atoms with Crippen molar-refractivity contribution in [2.75, 3.05) is 11.9 Å². The van der Waals surface area contributed by atoms with Gasteiger partial charge < -0.3 is 10.6 Å². The van der Waals surface area contributed by atoms with Gasteiger partial charge in [0, 0.05) is 41.5 Å². The summed E-state index contributed by atoms with van der Waals surface area (Å²) in [6.45, 7) is 0.481. The van der Waals surface area contributed by atoms with E-state index in [0.717, 1.165) is 22.4 Å². The van der Waals surface area contributed by atoms with E-state index in [1.165, 1.54) is 6.08 Å². The number of nitrogens with one attached hydrogen (secondary N) is 2. The van der Waals surface area contributed by atoms with Crippen LogP contribution < -0.4 is 10.6 Å². The Kier molecular flexibility index (Phi) is 7.02. The first-order valence-corrected chi connectivity index (χ1v) is 10.5. The smallest absolute Gasteiger partial charge is 0.244 e. The summed E-state index contributed by atoms with van der Waals surface area (Å²) in [5.41, 5.74) is 4.16. The van der Waals surface area contributed by atoms with Crippen molar-refractivity contribution in [1.29, 1.82) is 0 Å². The number of carbonyl (C=O) groups is 2. The molecule has 0 aliphatic heterocycles. The zero-order valence-corrected chi connectivity index (χ0v) is 17.9. The predicted octanol–water partition coefficient (Wildman–Crippen LogP) is 3.76. The van der Waals surface area contributed by atoms with Crippen LogP contribution in [0, 0.1) is 0 Å². The molecule has 2 aromatic heterocycles. The Morgan fingerprint density at radius 2 is 1.70 bits per heavy atom.